The number of piperidine rings is 3. The zero-order chi connectivity index (χ0) is 19.7. The normalized spacial score (nSPS) is 23.9. The number of hydrogen-bond acceptors (Lipinski definition) is 2. The second-order valence-corrected chi connectivity index (χ2v) is 8.44. The van der Waals surface area contributed by atoms with Crippen molar-refractivity contribution in [2.75, 3.05) is 13.1 Å². The Morgan fingerprint density at radius 3 is 1.48 bits per heavy atom. The molecule has 29 heavy (non-hydrogen) atoms. The van der Waals surface area contributed by atoms with E-state index in [0.717, 1.165) is 32.4 Å². The van der Waals surface area contributed by atoms with Gasteiger partial charge in [0.1, 0.15) is 0 Å². The van der Waals surface area contributed by atoms with E-state index in [4.69, 9.17) is 0 Å². The maximum atomic E-state index is 13.3. The first-order valence-corrected chi connectivity index (χ1v) is 10.7. The molecule has 3 aliphatic rings. The van der Waals surface area contributed by atoms with Crippen LogP contribution in [0.3, 0.4) is 0 Å². The van der Waals surface area contributed by atoms with Gasteiger partial charge in [-0.15, -0.1) is 0 Å². The molecule has 0 aliphatic carbocycles. The van der Waals surface area contributed by atoms with E-state index in [2.05, 4.69) is 95.9 Å². The third-order valence-corrected chi connectivity index (χ3v) is 7.00. The molecular weight excluding hydrogens is 354 g/mol. The van der Waals surface area contributed by atoms with Crippen LogP contribution in [0.15, 0.2) is 91.0 Å². The van der Waals surface area contributed by atoms with E-state index in [1.807, 2.05) is 0 Å². The van der Waals surface area contributed by atoms with Crippen LogP contribution in [-0.4, -0.2) is 29.8 Å². The minimum Gasteiger partial charge on any atom is -0.298 e. The molecule has 0 N–H and O–H groups in total. The number of carbonyl (C=O) groups excluding carboxylic acids is 1. The van der Waals surface area contributed by atoms with Gasteiger partial charge in [-0.3, -0.25) is 9.69 Å². The van der Waals surface area contributed by atoms with Gasteiger partial charge in [0.2, 0.25) is 0 Å². The van der Waals surface area contributed by atoms with E-state index in [0.29, 0.717) is 5.78 Å². The fourth-order valence-electron chi connectivity index (χ4n) is 5.49. The topological polar surface area (TPSA) is 20.3 Å². The van der Waals surface area contributed by atoms with Gasteiger partial charge in [0, 0.05) is 11.3 Å². The van der Waals surface area contributed by atoms with E-state index < -0.39 is 0 Å². The molecule has 3 aliphatic heterocycles. The SMILES string of the molecule is O=C1C2CCN(CC2)C1CC(c1ccccc1)(c1ccccc1)c1ccccc1. The van der Waals surface area contributed by atoms with Gasteiger partial charge in [0.15, 0.2) is 5.78 Å². The minimum atomic E-state index is -0.346. The van der Waals surface area contributed by atoms with E-state index in [1.165, 1.54) is 16.7 Å². The van der Waals surface area contributed by atoms with Crippen LogP contribution in [0.4, 0.5) is 0 Å². The molecule has 2 nitrogen and oxygen atoms in total. The average molecular weight is 382 g/mol. The lowest BCUT2D eigenvalue weighted by atomic mass is 9.64. The molecule has 0 amide bonds. The average Bonchev–Trinajstić information content (AvgIpc) is 2.81. The number of rotatable bonds is 5. The first-order chi connectivity index (χ1) is 14.3. The van der Waals surface area contributed by atoms with Crippen molar-refractivity contribution in [2.45, 2.75) is 30.7 Å². The van der Waals surface area contributed by atoms with Crippen LogP contribution in [0.25, 0.3) is 0 Å². The van der Waals surface area contributed by atoms with Gasteiger partial charge >= 0.3 is 0 Å². The highest BCUT2D eigenvalue weighted by Crippen LogP contribution is 2.45. The number of nitrogens with zero attached hydrogens (tertiary/aromatic N) is 1. The first kappa shape index (κ1) is 18.3. The Morgan fingerprint density at radius 2 is 1.10 bits per heavy atom. The predicted octanol–water partition coefficient (Wildman–Crippen LogP) is 5.07. The minimum absolute atomic E-state index is 0.0110. The monoisotopic (exact) mass is 381 g/mol. The largest absolute Gasteiger partial charge is 0.298 e. The highest BCUT2D eigenvalue weighted by Gasteiger charge is 2.47. The van der Waals surface area contributed by atoms with E-state index in [9.17, 15) is 4.79 Å². The van der Waals surface area contributed by atoms with Crippen molar-refractivity contribution in [3.63, 3.8) is 0 Å². The number of fused-ring (bicyclic) bond motifs is 3. The van der Waals surface area contributed by atoms with Gasteiger partial charge in [0.25, 0.3) is 0 Å². The molecule has 6 rings (SSSR count). The molecule has 0 radical (unpaired) electrons. The summed E-state index contributed by atoms with van der Waals surface area (Å²) < 4.78 is 0. The van der Waals surface area contributed by atoms with Gasteiger partial charge in [-0.05, 0) is 49.0 Å². The van der Waals surface area contributed by atoms with Crippen LogP contribution in [0.1, 0.15) is 36.0 Å². The summed E-state index contributed by atoms with van der Waals surface area (Å²) in [4.78, 5) is 15.8. The number of benzene rings is 3. The van der Waals surface area contributed by atoms with Gasteiger partial charge < -0.3 is 0 Å². The molecule has 2 bridgehead atoms. The first-order valence-electron chi connectivity index (χ1n) is 10.7. The fourth-order valence-corrected chi connectivity index (χ4v) is 5.49. The standard InChI is InChI=1S/C27H27NO/c29-26-21-16-18-28(19-17-21)25(26)20-27(22-10-4-1-5-11-22,23-12-6-2-7-13-23)24-14-8-3-9-15-24/h1-15,21,25H,16-20H2. The number of hydrogen-bond donors (Lipinski definition) is 0. The predicted molar refractivity (Wildman–Crippen MR) is 117 cm³/mol. The lowest BCUT2D eigenvalue weighted by molar-refractivity contribution is -0.137. The molecule has 1 atom stereocenters. The molecule has 3 aromatic carbocycles. The van der Waals surface area contributed by atoms with Crippen LogP contribution in [0.5, 0.6) is 0 Å². The van der Waals surface area contributed by atoms with Gasteiger partial charge in [-0.1, -0.05) is 91.0 Å². The van der Waals surface area contributed by atoms with Gasteiger partial charge in [-0.25, -0.2) is 0 Å². The maximum Gasteiger partial charge on any atom is 0.153 e. The molecule has 1 unspecified atom stereocenters. The van der Waals surface area contributed by atoms with Crippen molar-refractivity contribution < 1.29 is 4.79 Å². The van der Waals surface area contributed by atoms with E-state index in [-0.39, 0.29) is 17.4 Å². The van der Waals surface area contributed by atoms with E-state index in [1.54, 1.807) is 0 Å². The molecule has 3 aromatic rings. The molecule has 0 aromatic heterocycles. The van der Waals surface area contributed by atoms with Crippen LogP contribution in [0.2, 0.25) is 0 Å². The third-order valence-electron chi connectivity index (χ3n) is 7.00. The van der Waals surface area contributed by atoms with Crippen LogP contribution in [0, 0.1) is 5.92 Å². The van der Waals surface area contributed by atoms with Crippen LogP contribution >= 0.6 is 0 Å². The molecule has 3 fully saturated rings. The molecule has 3 saturated heterocycles. The molecule has 146 valence electrons. The summed E-state index contributed by atoms with van der Waals surface area (Å²) in [5, 5.41) is 0. The second kappa shape index (κ2) is 7.61. The Hall–Kier alpha value is -2.71. The van der Waals surface area contributed by atoms with Crippen LogP contribution < -0.4 is 0 Å². The summed E-state index contributed by atoms with van der Waals surface area (Å²) in [5.41, 5.74) is 3.43. The molecule has 2 heteroatoms. The zero-order valence-corrected chi connectivity index (χ0v) is 16.7. The maximum absolute atomic E-state index is 13.3. The summed E-state index contributed by atoms with van der Waals surface area (Å²) >= 11 is 0. The number of Topliss-reactive ketones (excluding diaryl/α,β-unsaturated/α-hetero) is 1. The molecule has 0 saturated carbocycles. The Balaban J connectivity index is 1.71. The number of carbonyl (C=O) groups is 1. The lowest BCUT2D eigenvalue weighted by Crippen LogP contribution is -2.57. The lowest BCUT2D eigenvalue weighted by Gasteiger charge is -2.48. The summed E-state index contributed by atoms with van der Waals surface area (Å²) in [7, 11) is 0. The van der Waals surface area contributed by atoms with Crippen molar-refractivity contribution in [1.29, 1.82) is 0 Å². The fraction of sp³-hybridized carbons (Fsp3) is 0.296. The van der Waals surface area contributed by atoms with Gasteiger partial charge in [-0.2, -0.15) is 0 Å². The smallest absolute Gasteiger partial charge is 0.153 e. The third kappa shape index (κ3) is 3.12. The molecule has 0 spiro atoms. The molecule has 3 heterocycles. The van der Waals surface area contributed by atoms with Crippen molar-refractivity contribution in [1.82, 2.24) is 4.90 Å². The Labute approximate surface area is 173 Å². The summed E-state index contributed by atoms with van der Waals surface area (Å²) in [5.74, 6) is 0.708. The zero-order valence-electron chi connectivity index (χ0n) is 16.7. The van der Waals surface area contributed by atoms with Crippen molar-refractivity contribution >= 4 is 5.78 Å². The quantitative estimate of drug-likeness (QED) is 0.575. The summed E-state index contributed by atoms with van der Waals surface area (Å²) in [6, 6.07) is 32.2. The summed E-state index contributed by atoms with van der Waals surface area (Å²) in [6.45, 7) is 2.10. The van der Waals surface area contributed by atoms with E-state index >= 15 is 0 Å². The molecular formula is C27H27NO. The van der Waals surface area contributed by atoms with Crippen molar-refractivity contribution in [3.8, 4) is 0 Å². The highest BCUT2D eigenvalue weighted by atomic mass is 16.1. The van der Waals surface area contributed by atoms with Crippen molar-refractivity contribution in [3.05, 3.63) is 108 Å². The Bertz CT molecular complexity index is 863. The summed E-state index contributed by atoms with van der Waals surface area (Å²) in [6.07, 6.45) is 2.86. The van der Waals surface area contributed by atoms with Crippen LogP contribution in [-0.2, 0) is 10.2 Å². The Morgan fingerprint density at radius 1 is 0.690 bits per heavy atom. The van der Waals surface area contributed by atoms with Gasteiger partial charge in [0.05, 0.1) is 6.04 Å². The number of ketones is 1. The second-order valence-electron chi connectivity index (χ2n) is 8.44. The van der Waals surface area contributed by atoms with Crippen molar-refractivity contribution in [2.24, 2.45) is 5.92 Å². The Kier molecular flexibility index (Phi) is 4.81. The highest BCUT2D eigenvalue weighted by molar-refractivity contribution is 5.88.